The molecule has 0 aliphatic carbocycles. The maximum absolute atomic E-state index is 12.6. The van der Waals surface area contributed by atoms with Gasteiger partial charge in [0.1, 0.15) is 0 Å². The van der Waals surface area contributed by atoms with Gasteiger partial charge in [0, 0.05) is 5.56 Å². The van der Waals surface area contributed by atoms with Crippen molar-refractivity contribution in [2.24, 2.45) is 10.8 Å². The molecule has 0 unspecified atom stereocenters. The molecule has 3 N–H and O–H groups in total. The molecule has 8 heteroatoms. The van der Waals surface area contributed by atoms with Crippen LogP contribution in [0.5, 0.6) is 0 Å². The Labute approximate surface area is 106 Å². The molecular formula is C10H9ClF3N3O. The fourth-order valence-corrected chi connectivity index (χ4v) is 1.49. The summed E-state index contributed by atoms with van der Waals surface area (Å²) in [6.45, 7) is 1.25. The van der Waals surface area contributed by atoms with E-state index in [0.717, 1.165) is 18.3 Å². The lowest BCUT2D eigenvalue weighted by Gasteiger charge is -2.12. The summed E-state index contributed by atoms with van der Waals surface area (Å²) >= 11 is 5.78. The zero-order valence-electron chi connectivity index (χ0n) is 9.18. The van der Waals surface area contributed by atoms with Crippen LogP contribution < -0.4 is 11.2 Å². The van der Waals surface area contributed by atoms with Gasteiger partial charge in [0.15, 0.2) is 0 Å². The van der Waals surface area contributed by atoms with Gasteiger partial charge in [0.05, 0.1) is 16.8 Å². The average molecular weight is 280 g/mol. The number of hydrogen-bond donors (Lipinski definition) is 2. The predicted octanol–water partition coefficient (Wildman–Crippen LogP) is 2.67. The Bertz CT molecular complexity index is 500. The molecule has 2 amide bonds. The van der Waals surface area contributed by atoms with Crippen molar-refractivity contribution in [2.45, 2.75) is 13.1 Å². The molecule has 4 nitrogen and oxygen atoms in total. The highest BCUT2D eigenvalue weighted by atomic mass is 35.5. The third kappa shape index (κ3) is 3.36. The second-order valence-electron chi connectivity index (χ2n) is 3.37. The standard InChI is InChI=1S/C10H9ClF3N3O/c1-5-7(10(12,13)14)3-2-6(8(5)11)4-16-17-9(15)18/h2-4H,1H3,(H3,15,17,18). The third-order valence-electron chi connectivity index (χ3n) is 2.10. The van der Waals surface area contributed by atoms with Crippen molar-refractivity contribution < 1.29 is 18.0 Å². The lowest BCUT2D eigenvalue weighted by Crippen LogP contribution is -2.24. The number of hydrazone groups is 1. The maximum Gasteiger partial charge on any atom is 0.416 e. The fraction of sp³-hybridized carbons (Fsp3) is 0.200. The number of alkyl halides is 3. The van der Waals surface area contributed by atoms with E-state index >= 15 is 0 Å². The minimum Gasteiger partial charge on any atom is -0.350 e. The first-order valence-electron chi connectivity index (χ1n) is 4.68. The lowest BCUT2D eigenvalue weighted by molar-refractivity contribution is -0.138. The smallest absolute Gasteiger partial charge is 0.350 e. The highest BCUT2D eigenvalue weighted by molar-refractivity contribution is 6.34. The number of carbonyl (C=O) groups is 1. The number of nitrogens with one attached hydrogen (secondary N) is 1. The molecule has 98 valence electrons. The number of nitrogens with two attached hydrogens (primary N) is 1. The van der Waals surface area contributed by atoms with E-state index in [1.165, 1.54) is 6.92 Å². The largest absolute Gasteiger partial charge is 0.416 e. The Balaban J connectivity index is 3.09. The second-order valence-corrected chi connectivity index (χ2v) is 3.75. The number of urea groups is 1. The molecule has 0 atom stereocenters. The molecule has 1 aromatic carbocycles. The van der Waals surface area contributed by atoms with E-state index in [1.54, 1.807) is 0 Å². The monoisotopic (exact) mass is 279 g/mol. The molecule has 0 aliphatic heterocycles. The van der Waals surface area contributed by atoms with Gasteiger partial charge in [-0.05, 0) is 18.6 Å². The number of halogens is 4. The van der Waals surface area contributed by atoms with Crippen LogP contribution in [-0.4, -0.2) is 12.2 Å². The quantitative estimate of drug-likeness (QED) is 0.634. The normalized spacial score (nSPS) is 11.8. The van der Waals surface area contributed by atoms with Gasteiger partial charge >= 0.3 is 12.2 Å². The number of carbonyl (C=O) groups excluding carboxylic acids is 1. The third-order valence-corrected chi connectivity index (χ3v) is 2.60. The number of hydrogen-bond acceptors (Lipinski definition) is 2. The fourth-order valence-electron chi connectivity index (χ4n) is 1.28. The van der Waals surface area contributed by atoms with Crippen molar-refractivity contribution in [3.8, 4) is 0 Å². The maximum atomic E-state index is 12.6. The van der Waals surface area contributed by atoms with Crippen LogP contribution in [0.1, 0.15) is 16.7 Å². The summed E-state index contributed by atoms with van der Waals surface area (Å²) < 4.78 is 37.7. The molecule has 0 heterocycles. The topological polar surface area (TPSA) is 67.5 Å². The van der Waals surface area contributed by atoms with E-state index in [4.69, 9.17) is 17.3 Å². The molecular weight excluding hydrogens is 271 g/mol. The number of nitrogens with zero attached hydrogens (tertiary/aromatic N) is 1. The van der Waals surface area contributed by atoms with Crippen molar-refractivity contribution in [3.63, 3.8) is 0 Å². The van der Waals surface area contributed by atoms with Crippen molar-refractivity contribution >= 4 is 23.8 Å². The Kier molecular flexibility index (Phi) is 4.18. The first-order chi connectivity index (χ1) is 8.23. The molecule has 0 radical (unpaired) electrons. The van der Waals surface area contributed by atoms with Crippen molar-refractivity contribution in [2.75, 3.05) is 0 Å². The number of benzene rings is 1. The lowest BCUT2D eigenvalue weighted by atomic mass is 10.1. The van der Waals surface area contributed by atoms with E-state index in [1.807, 2.05) is 5.43 Å². The van der Waals surface area contributed by atoms with Crippen LogP contribution >= 0.6 is 11.6 Å². The first kappa shape index (κ1) is 14.3. The summed E-state index contributed by atoms with van der Waals surface area (Å²) in [6, 6.07) is 1.17. The number of amides is 2. The van der Waals surface area contributed by atoms with Gasteiger partial charge in [-0.25, -0.2) is 10.2 Å². The van der Waals surface area contributed by atoms with E-state index in [-0.39, 0.29) is 16.1 Å². The molecule has 0 aliphatic rings. The molecule has 0 bridgehead atoms. The van der Waals surface area contributed by atoms with Crippen molar-refractivity contribution in [1.82, 2.24) is 5.43 Å². The summed E-state index contributed by atoms with van der Waals surface area (Å²) in [4.78, 5) is 10.3. The molecule has 0 saturated carbocycles. The number of rotatable bonds is 2. The molecule has 0 fully saturated rings. The van der Waals surface area contributed by atoms with E-state index in [0.29, 0.717) is 0 Å². The van der Waals surface area contributed by atoms with Crippen LogP contribution in [-0.2, 0) is 6.18 Å². The minimum absolute atomic E-state index is 0.0835. The highest BCUT2D eigenvalue weighted by Gasteiger charge is 2.33. The van der Waals surface area contributed by atoms with Crippen molar-refractivity contribution in [3.05, 3.63) is 33.8 Å². The predicted molar refractivity (Wildman–Crippen MR) is 61.5 cm³/mol. The SMILES string of the molecule is Cc1c(C(F)(F)F)ccc(C=NNC(N)=O)c1Cl. The molecule has 1 rings (SSSR count). The van der Waals surface area contributed by atoms with Gasteiger partial charge in [0.2, 0.25) is 0 Å². The molecule has 0 aromatic heterocycles. The van der Waals surface area contributed by atoms with Crippen LogP contribution in [0, 0.1) is 6.92 Å². The second kappa shape index (κ2) is 5.26. The highest BCUT2D eigenvalue weighted by Crippen LogP contribution is 2.35. The average Bonchev–Trinajstić information content (AvgIpc) is 2.22. The van der Waals surface area contributed by atoms with Crippen LogP contribution in [0.2, 0.25) is 5.02 Å². The van der Waals surface area contributed by atoms with Gasteiger partial charge < -0.3 is 5.73 Å². The zero-order valence-corrected chi connectivity index (χ0v) is 9.93. The van der Waals surface area contributed by atoms with Crippen LogP contribution in [0.25, 0.3) is 0 Å². The molecule has 0 spiro atoms. The van der Waals surface area contributed by atoms with E-state index in [2.05, 4.69) is 5.10 Å². The van der Waals surface area contributed by atoms with E-state index < -0.39 is 17.8 Å². The van der Waals surface area contributed by atoms with Crippen LogP contribution in [0.15, 0.2) is 17.2 Å². The van der Waals surface area contributed by atoms with Gasteiger partial charge in [-0.1, -0.05) is 17.7 Å². The van der Waals surface area contributed by atoms with Gasteiger partial charge in [0.25, 0.3) is 0 Å². The minimum atomic E-state index is -4.46. The summed E-state index contributed by atoms with van der Waals surface area (Å²) in [6.07, 6.45) is -3.35. The molecule has 1 aromatic rings. The Morgan fingerprint density at radius 1 is 1.50 bits per heavy atom. The van der Waals surface area contributed by atoms with Gasteiger partial charge in [-0.3, -0.25) is 0 Å². The molecule has 0 saturated heterocycles. The summed E-state index contributed by atoms with van der Waals surface area (Å²) in [5, 5.41) is 3.34. The van der Waals surface area contributed by atoms with Crippen molar-refractivity contribution in [1.29, 1.82) is 0 Å². The Morgan fingerprint density at radius 3 is 2.61 bits per heavy atom. The molecule has 18 heavy (non-hydrogen) atoms. The van der Waals surface area contributed by atoms with Gasteiger partial charge in [-0.2, -0.15) is 18.3 Å². The van der Waals surface area contributed by atoms with Crippen LogP contribution in [0.4, 0.5) is 18.0 Å². The number of primary amides is 1. The summed E-state index contributed by atoms with van der Waals surface area (Å²) in [5.41, 5.74) is 6.00. The van der Waals surface area contributed by atoms with Gasteiger partial charge in [-0.15, -0.1) is 0 Å². The van der Waals surface area contributed by atoms with Crippen LogP contribution in [0.3, 0.4) is 0 Å². The zero-order chi connectivity index (χ0) is 13.9. The Hall–Kier alpha value is -1.76. The van der Waals surface area contributed by atoms with E-state index in [9.17, 15) is 18.0 Å². The Morgan fingerprint density at radius 2 is 2.11 bits per heavy atom. The first-order valence-corrected chi connectivity index (χ1v) is 5.06. The summed E-state index contributed by atoms with van der Waals surface area (Å²) in [7, 11) is 0. The summed E-state index contributed by atoms with van der Waals surface area (Å²) in [5.74, 6) is 0.